The van der Waals surface area contributed by atoms with Crippen molar-refractivity contribution in [2.45, 2.75) is 20.3 Å². The fourth-order valence-electron chi connectivity index (χ4n) is 2.96. The molecule has 1 saturated heterocycles. The van der Waals surface area contributed by atoms with Crippen molar-refractivity contribution >= 4 is 27.4 Å². The van der Waals surface area contributed by atoms with Gasteiger partial charge in [-0.3, -0.25) is 15.1 Å². The van der Waals surface area contributed by atoms with Gasteiger partial charge in [-0.05, 0) is 31.9 Å². The van der Waals surface area contributed by atoms with Crippen LogP contribution in [0.3, 0.4) is 0 Å². The molecular weight excluding hydrogens is 346 g/mol. The quantitative estimate of drug-likeness (QED) is 0.468. The first-order chi connectivity index (χ1) is 11.8. The van der Waals surface area contributed by atoms with Crippen molar-refractivity contribution in [3.63, 3.8) is 0 Å². The van der Waals surface area contributed by atoms with Crippen molar-refractivity contribution in [1.82, 2.24) is 5.16 Å². The molecule has 132 valence electrons. The van der Waals surface area contributed by atoms with Gasteiger partial charge in [0, 0.05) is 23.8 Å². The number of aryl methyl sites for hydroxylation is 2. The number of aromatic nitrogens is 1. The monoisotopic (exact) mass is 363 g/mol. The van der Waals surface area contributed by atoms with Gasteiger partial charge in [0.25, 0.3) is 5.69 Å². The molecule has 0 radical (unpaired) electrons. The predicted molar refractivity (Wildman–Crippen MR) is 93.0 cm³/mol. The van der Waals surface area contributed by atoms with E-state index in [1.165, 1.54) is 12.3 Å². The van der Waals surface area contributed by atoms with Crippen LogP contribution in [0.4, 0.5) is 11.4 Å². The summed E-state index contributed by atoms with van der Waals surface area (Å²) >= 11 is 0. The molecule has 1 aromatic carbocycles. The van der Waals surface area contributed by atoms with Gasteiger partial charge in [0.1, 0.15) is 11.4 Å². The molecule has 2 aromatic rings. The second-order valence-electron chi connectivity index (χ2n) is 6.10. The van der Waals surface area contributed by atoms with Gasteiger partial charge in [-0.2, -0.15) is 0 Å². The molecule has 0 bridgehead atoms. The first-order valence-electron chi connectivity index (χ1n) is 7.73. The van der Waals surface area contributed by atoms with E-state index in [1.807, 2.05) is 0 Å². The van der Waals surface area contributed by atoms with Crippen molar-refractivity contribution in [2.75, 3.05) is 11.5 Å². The zero-order valence-electron chi connectivity index (χ0n) is 13.8. The van der Waals surface area contributed by atoms with E-state index in [1.54, 1.807) is 26.0 Å². The topological polar surface area (TPSA) is 116 Å². The van der Waals surface area contributed by atoms with Crippen molar-refractivity contribution in [3.8, 4) is 11.1 Å². The van der Waals surface area contributed by atoms with Crippen LogP contribution in [0.2, 0.25) is 0 Å². The first-order valence-corrected chi connectivity index (χ1v) is 9.55. The number of sulfone groups is 1. The van der Waals surface area contributed by atoms with Crippen LogP contribution in [0.25, 0.3) is 11.1 Å². The van der Waals surface area contributed by atoms with Crippen molar-refractivity contribution in [2.24, 2.45) is 10.9 Å². The van der Waals surface area contributed by atoms with Gasteiger partial charge in [0.15, 0.2) is 9.84 Å². The van der Waals surface area contributed by atoms with Gasteiger partial charge >= 0.3 is 0 Å². The summed E-state index contributed by atoms with van der Waals surface area (Å²) < 4.78 is 28.1. The lowest BCUT2D eigenvalue weighted by Gasteiger charge is -2.04. The third-order valence-corrected chi connectivity index (χ3v) is 5.98. The lowest BCUT2D eigenvalue weighted by Crippen LogP contribution is -2.05. The third-order valence-electron chi connectivity index (χ3n) is 4.19. The number of nitro benzene ring substituents is 1. The normalized spacial score (nSPS) is 19.5. The number of aliphatic imine (C=N–C) groups is 1. The Labute approximate surface area is 144 Å². The summed E-state index contributed by atoms with van der Waals surface area (Å²) in [6.45, 7) is 3.51. The molecule has 1 aliphatic rings. The van der Waals surface area contributed by atoms with E-state index in [-0.39, 0.29) is 28.8 Å². The lowest BCUT2D eigenvalue weighted by atomic mass is 10.0. The second-order valence-corrected chi connectivity index (χ2v) is 8.33. The Morgan fingerprint density at radius 2 is 2.16 bits per heavy atom. The highest BCUT2D eigenvalue weighted by atomic mass is 32.2. The van der Waals surface area contributed by atoms with E-state index in [2.05, 4.69) is 10.1 Å². The van der Waals surface area contributed by atoms with Crippen molar-refractivity contribution in [3.05, 3.63) is 39.8 Å². The van der Waals surface area contributed by atoms with E-state index < -0.39 is 14.8 Å². The third kappa shape index (κ3) is 3.60. The SMILES string of the molecule is Cc1noc(C)c1-c1ccc(N=CC2CCS(=O)(=O)C2)c([N+](=O)[O-])c1. The smallest absolute Gasteiger partial charge is 0.295 e. The molecule has 3 rings (SSSR count). The zero-order chi connectivity index (χ0) is 18.2. The lowest BCUT2D eigenvalue weighted by molar-refractivity contribution is -0.384. The van der Waals surface area contributed by atoms with Crippen LogP contribution in [-0.2, 0) is 9.84 Å². The van der Waals surface area contributed by atoms with Gasteiger partial charge in [0.05, 0.1) is 22.1 Å². The van der Waals surface area contributed by atoms with Gasteiger partial charge in [-0.25, -0.2) is 8.42 Å². The van der Waals surface area contributed by atoms with Crippen LogP contribution >= 0.6 is 0 Å². The van der Waals surface area contributed by atoms with Crippen LogP contribution in [0, 0.1) is 29.9 Å². The van der Waals surface area contributed by atoms with Gasteiger partial charge < -0.3 is 4.52 Å². The standard InChI is InChI=1S/C16H17N3O5S/c1-10-16(11(2)24-18-10)13-3-4-14(15(7-13)19(20)21)17-8-12-5-6-25(22,23)9-12/h3-4,7-8,12H,5-6,9H2,1-2H3. The minimum atomic E-state index is -3.01. The summed E-state index contributed by atoms with van der Waals surface area (Å²) in [6.07, 6.45) is 2.00. The van der Waals surface area contributed by atoms with E-state index in [0.717, 1.165) is 5.56 Å². The molecule has 9 heteroatoms. The maximum Gasteiger partial charge on any atom is 0.295 e. The average Bonchev–Trinajstić information content (AvgIpc) is 3.07. The van der Waals surface area contributed by atoms with Crippen LogP contribution in [-0.4, -0.2) is 36.2 Å². The molecular formula is C16H17N3O5S. The number of nitrogens with zero attached hydrogens (tertiary/aromatic N) is 3. The van der Waals surface area contributed by atoms with E-state index in [4.69, 9.17) is 4.52 Å². The predicted octanol–water partition coefficient (Wildman–Crippen LogP) is 3.00. The van der Waals surface area contributed by atoms with Gasteiger partial charge in [-0.1, -0.05) is 11.2 Å². The van der Waals surface area contributed by atoms with Crippen LogP contribution in [0.5, 0.6) is 0 Å². The maximum absolute atomic E-state index is 11.5. The molecule has 1 atom stereocenters. The number of hydrogen-bond acceptors (Lipinski definition) is 7. The molecule has 0 aliphatic carbocycles. The Hall–Kier alpha value is -2.55. The Kier molecular flexibility index (Phi) is 4.42. The van der Waals surface area contributed by atoms with Crippen molar-refractivity contribution in [1.29, 1.82) is 0 Å². The molecule has 0 saturated carbocycles. The fraction of sp³-hybridized carbons (Fsp3) is 0.375. The Morgan fingerprint density at radius 1 is 1.40 bits per heavy atom. The molecule has 2 heterocycles. The highest BCUT2D eigenvalue weighted by Crippen LogP contribution is 2.35. The zero-order valence-corrected chi connectivity index (χ0v) is 14.6. The van der Waals surface area contributed by atoms with E-state index in [0.29, 0.717) is 23.4 Å². The summed E-state index contributed by atoms with van der Waals surface area (Å²) in [4.78, 5) is 15.1. The molecule has 1 aliphatic heterocycles. The molecule has 25 heavy (non-hydrogen) atoms. The highest BCUT2D eigenvalue weighted by Gasteiger charge is 2.27. The Bertz CT molecular complexity index is 943. The fourth-order valence-corrected chi connectivity index (χ4v) is 4.69. The minimum Gasteiger partial charge on any atom is -0.361 e. The summed E-state index contributed by atoms with van der Waals surface area (Å²) in [5, 5.41) is 15.3. The summed E-state index contributed by atoms with van der Waals surface area (Å²) in [5.74, 6) is 0.559. The number of hydrogen-bond donors (Lipinski definition) is 0. The molecule has 1 unspecified atom stereocenters. The molecule has 0 N–H and O–H groups in total. The summed E-state index contributed by atoms with van der Waals surface area (Å²) in [7, 11) is -3.01. The average molecular weight is 363 g/mol. The largest absolute Gasteiger partial charge is 0.361 e. The maximum atomic E-state index is 11.5. The Morgan fingerprint density at radius 3 is 2.72 bits per heavy atom. The van der Waals surface area contributed by atoms with Gasteiger partial charge in [-0.15, -0.1) is 0 Å². The molecule has 0 spiro atoms. The summed E-state index contributed by atoms with van der Waals surface area (Å²) in [5.41, 5.74) is 2.06. The number of benzene rings is 1. The number of rotatable bonds is 4. The van der Waals surface area contributed by atoms with Gasteiger partial charge in [0.2, 0.25) is 0 Å². The van der Waals surface area contributed by atoms with Crippen LogP contribution in [0.15, 0.2) is 27.7 Å². The van der Waals surface area contributed by atoms with E-state index in [9.17, 15) is 18.5 Å². The number of nitro groups is 1. The van der Waals surface area contributed by atoms with Crippen LogP contribution < -0.4 is 0 Å². The molecule has 8 nitrogen and oxygen atoms in total. The van der Waals surface area contributed by atoms with Crippen LogP contribution in [0.1, 0.15) is 17.9 Å². The summed E-state index contributed by atoms with van der Waals surface area (Å²) in [6, 6.07) is 4.71. The van der Waals surface area contributed by atoms with Crippen molar-refractivity contribution < 1.29 is 17.9 Å². The molecule has 1 aromatic heterocycles. The molecule has 1 fully saturated rings. The Balaban J connectivity index is 1.94. The molecule has 0 amide bonds. The minimum absolute atomic E-state index is 0.0431. The first kappa shape index (κ1) is 17.3. The second kappa shape index (κ2) is 6.40. The van der Waals surface area contributed by atoms with E-state index >= 15 is 0 Å². The highest BCUT2D eigenvalue weighted by molar-refractivity contribution is 7.91.